The summed E-state index contributed by atoms with van der Waals surface area (Å²) >= 11 is 0. The molecule has 1 atom stereocenters. The first-order chi connectivity index (χ1) is 24.4. The highest BCUT2D eigenvalue weighted by Gasteiger charge is 2.28. The molecule has 0 radical (unpaired) electrons. The number of rotatable bonds is 14. The molecule has 50 heavy (non-hydrogen) atoms. The van der Waals surface area contributed by atoms with Crippen molar-refractivity contribution in [2.24, 2.45) is 0 Å². The molecule has 1 aliphatic heterocycles. The molecule has 2 aromatic heterocycles. The number of nitrogens with one attached hydrogen (secondary N) is 3. The Balaban J connectivity index is 1.02. The van der Waals surface area contributed by atoms with Gasteiger partial charge in [-0.3, -0.25) is 0 Å². The Hall–Kier alpha value is -4.86. The molecule has 3 aromatic carbocycles. The van der Waals surface area contributed by atoms with Crippen molar-refractivity contribution in [3.63, 3.8) is 0 Å². The van der Waals surface area contributed by atoms with Gasteiger partial charge in [0.1, 0.15) is 28.5 Å². The topological polar surface area (TPSA) is 112 Å². The van der Waals surface area contributed by atoms with Gasteiger partial charge < -0.3 is 35.1 Å². The van der Waals surface area contributed by atoms with E-state index in [-0.39, 0.29) is 11.6 Å². The SMILES string of the molecule is COc1cc(CNC[C@H](NC2CCN(c3ccc(C(=O)O)c(Oc4cnc5[nH]ccc5c4)c3)CC2)c2ccccc2C(C)C)ccc1C1CC1. The second-order valence-electron chi connectivity index (χ2n) is 13.9. The van der Waals surface area contributed by atoms with Crippen molar-refractivity contribution in [2.45, 2.75) is 70.0 Å². The van der Waals surface area contributed by atoms with Gasteiger partial charge in [0, 0.05) is 61.6 Å². The summed E-state index contributed by atoms with van der Waals surface area (Å²) in [5, 5.41) is 18.6. The van der Waals surface area contributed by atoms with Crippen LogP contribution in [0.2, 0.25) is 0 Å². The number of carbonyl (C=O) groups is 1. The third-order valence-electron chi connectivity index (χ3n) is 10.1. The average Bonchev–Trinajstić information content (AvgIpc) is 3.87. The number of carboxylic acids is 1. The molecule has 260 valence electrons. The standard InChI is InChI=1S/C41H47N5O4/c1-26(2)33-6-4-5-7-35(33)37(25-42-23-27-8-12-34(28-9-10-28)38(20-27)49-3)45-30-15-18-46(19-16-30)31-11-13-36(41(47)48)39(22-31)50-32-21-29-14-17-43-40(29)44-24-32/h4-8,11-14,17,20-22,24,26,28,30,37,42,45H,9-10,15-16,18-19,23,25H2,1-3H3,(H,43,44)(H,47,48)/t37-/m0/s1. The van der Waals surface area contributed by atoms with Crippen molar-refractivity contribution in [1.82, 2.24) is 20.6 Å². The molecule has 9 heteroatoms. The number of hydrogen-bond donors (Lipinski definition) is 4. The van der Waals surface area contributed by atoms with E-state index in [0.29, 0.717) is 29.4 Å². The Kier molecular flexibility index (Phi) is 10.1. The quantitative estimate of drug-likeness (QED) is 0.0935. The number of fused-ring (bicyclic) bond motifs is 1. The normalized spacial score (nSPS) is 15.8. The summed E-state index contributed by atoms with van der Waals surface area (Å²) < 4.78 is 11.9. The molecule has 4 N–H and O–H groups in total. The Morgan fingerprint density at radius 1 is 0.980 bits per heavy atom. The maximum Gasteiger partial charge on any atom is 0.339 e. The zero-order valence-corrected chi connectivity index (χ0v) is 29.1. The van der Waals surface area contributed by atoms with E-state index in [4.69, 9.17) is 9.47 Å². The lowest BCUT2D eigenvalue weighted by Crippen LogP contribution is -2.45. The first-order valence-electron chi connectivity index (χ1n) is 17.8. The summed E-state index contributed by atoms with van der Waals surface area (Å²) in [6.07, 6.45) is 7.86. The summed E-state index contributed by atoms with van der Waals surface area (Å²) in [6, 6.07) is 25.1. The molecule has 0 spiro atoms. The van der Waals surface area contributed by atoms with Crippen molar-refractivity contribution >= 4 is 22.7 Å². The molecule has 5 aromatic rings. The first-order valence-corrected chi connectivity index (χ1v) is 17.8. The summed E-state index contributed by atoms with van der Waals surface area (Å²) in [5.41, 5.74) is 7.11. The molecule has 0 bridgehead atoms. The number of hydrogen-bond acceptors (Lipinski definition) is 7. The van der Waals surface area contributed by atoms with Gasteiger partial charge in [-0.2, -0.15) is 0 Å². The first kappa shape index (κ1) is 33.6. The predicted molar refractivity (Wildman–Crippen MR) is 198 cm³/mol. The van der Waals surface area contributed by atoms with Gasteiger partial charge >= 0.3 is 5.97 Å². The van der Waals surface area contributed by atoms with Crippen LogP contribution < -0.4 is 25.0 Å². The number of anilines is 1. The van der Waals surface area contributed by atoms with Crippen molar-refractivity contribution in [2.75, 3.05) is 31.6 Å². The number of piperidine rings is 1. The number of methoxy groups -OCH3 is 1. The van der Waals surface area contributed by atoms with E-state index >= 15 is 0 Å². The molecule has 1 saturated carbocycles. The van der Waals surface area contributed by atoms with Gasteiger partial charge in [0.2, 0.25) is 0 Å². The van der Waals surface area contributed by atoms with Gasteiger partial charge in [0.15, 0.2) is 0 Å². The predicted octanol–water partition coefficient (Wildman–Crippen LogP) is 8.15. The second kappa shape index (κ2) is 14.9. The Labute approximate surface area is 294 Å². The molecule has 0 unspecified atom stereocenters. The third kappa shape index (κ3) is 7.64. The summed E-state index contributed by atoms with van der Waals surface area (Å²) in [4.78, 5) is 21.9. The molecular formula is C41H47N5O4. The highest BCUT2D eigenvalue weighted by Crippen LogP contribution is 2.44. The maximum atomic E-state index is 12.1. The number of aromatic carboxylic acids is 1. The number of H-pyrrole nitrogens is 1. The van der Waals surface area contributed by atoms with E-state index in [0.717, 1.165) is 61.5 Å². The highest BCUT2D eigenvalue weighted by molar-refractivity contribution is 5.92. The minimum absolute atomic E-state index is 0.121. The number of aromatic nitrogens is 2. The summed E-state index contributed by atoms with van der Waals surface area (Å²) in [6.45, 7) is 7.79. The molecule has 3 heterocycles. The smallest absolute Gasteiger partial charge is 0.339 e. The molecule has 0 amide bonds. The monoisotopic (exact) mass is 673 g/mol. The van der Waals surface area contributed by atoms with Gasteiger partial charge in [0.25, 0.3) is 0 Å². The van der Waals surface area contributed by atoms with Crippen LogP contribution in [0.15, 0.2) is 85.2 Å². The fourth-order valence-electron chi connectivity index (χ4n) is 7.23. The Morgan fingerprint density at radius 2 is 1.78 bits per heavy atom. The molecule has 2 fully saturated rings. The van der Waals surface area contributed by atoms with Crippen LogP contribution in [0.3, 0.4) is 0 Å². The Bertz CT molecular complexity index is 1940. The van der Waals surface area contributed by atoms with Crippen LogP contribution in [0.1, 0.15) is 90.0 Å². The van der Waals surface area contributed by atoms with Gasteiger partial charge in [-0.15, -0.1) is 0 Å². The molecule has 7 rings (SSSR count). The lowest BCUT2D eigenvalue weighted by Gasteiger charge is -2.36. The summed E-state index contributed by atoms with van der Waals surface area (Å²) in [7, 11) is 1.77. The summed E-state index contributed by atoms with van der Waals surface area (Å²) in [5.74, 6) is 1.86. The van der Waals surface area contributed by atoms with Gasteiger partial charge in [-0.05, 0) is 90.1 Å². The average molecular weight is 674 g/mol. The van der Waals surface area contributed by atoms with Gasteiger partial charge in [-0.1, -0.05) is 50.2 Å². The largest absolute Gasteiger partial charge is 0.496 e. The van der Waals surface area contributed by atoms with Crippen molar-refractivity contribution in [3.05, 3.63) is 113 Å². The molecule has 2 aliphatic rings. The van der Waals surface area contributed by atoms with E-state index < -0.39 is 5.97 Å². The number of carboxylic acid groups (broad SMARTS) is 1. The zero-order chi connectivity index (χ0) is 34.6. The molecule has 1 aliphatic carbocycles. The van der Waals surface area contributed by atoms with Crippen LogP contribution in [0.5, 0.6) is 17.2 Å². The number of benzene rings is 3. The van der Waals surface area contributed by atoms with E-state index in [1.54, 1.807) is 19.4 Å². The lowest BCUT2D eigenvalue weighted by atomic mass is 9.91. The van der Waals surface area contributed by atoms with Crippen molar-refractivity contribution in [1.29, 1.82) is 0 Å². The molecular weight excluding hydrogens is 626 g/mol. The van der Waals surface area contributed by atoms with E-state index in [9.17, 15) is 9.90 Å². The number of ether oxygens (including phenoxy) is 2. The fourth-order valence-corrected chi connectivity index (χ4v) is 7.23. The number of aromatic amines is 1. The number of pyridine rings is 1. The van der Waals surface area contributed by atoms with Crippen molar-refractivity contribution in [3.8, 4) is 17.2 Å². The number of nitrogens with zero attached hydrogens (tertiary/aromatic N) is 2. The van der Waals surface area contributed by atoms with Crippen molar-refractivity contribution < 1.29 is 19.4 Å². The highest BCUT2D eigenvalue weighted by atomic mass is 16.5. The zero-order valence-electron chi connectivity index (χ0n) is 29.1. The lowest BCUT2D eigenvalue weighted by molar-refractivity contribution is 0.0694. The van der Waals surface area contributed by atoms with Crippen LogP contribution in [0.4, 0.5) is 5.69 Å². The second-order valence-corrected chi connectivity index (χ2v) is 13.9. The molecule has 9 nitrogen and oxygen atoms in total. The van der Waals surface area contributed by atoms with Crippen LogP contribution in [-0.4, -0.2) is 53.8 Å². The van der Waals surface area contributed by atoms with E-state index in [1.165, 1.54) is 35.1 Å². The minimum atomic E-state index is -1.03. The van der Waals surface area contributed by atoms with Gasteiger partial charge in [-0.25, -0.2) is 9.78 Å². The molecule has 1 saturated heterocycles. The van der Waals surface area contributed by atoms with Gasteiger partial charge in [0.05, 0.1) is 13.3 Å². The maximum absolute atomic E-state index is 12.1. The van der Waals surface area contributed by atoms with Crippen LogP contribution in [0, 0.1) is 0 Å². The Morgan fingerprint density at radius 3 is 2.52 bits per heavy atom. The van der Waals surface area contributed by atoms with Crippen LogP contribution in [-0.2, 0) is 6.54 Å². The fraction of sp³-hybridized carbons (Fsp3) is 0.366. The minimum Gasteiger partial charge on any atom is -0.496 e. The van der Waals surface area contributed by atoms with Crippen LogP contribution >= 0.6 is 0 Å². The van der Waals surface area contributed by atoms with Crippen LogP contribution in [0.25, 0.3) is 11.0 Å². The third-order valence-corrected chi connectivity index (χ3v) is 10.1. The van der Waals surface area contributed by atoms with E-state index in [2.05, 4.69) is 81.8 Å². The van der Waals surface area contributed by atoms with E-state index in [1.807, 2.05) is 30.5 Å².